The number of likely N-dealkylation sites (tertiary alicyclic amines) is 1. The molecule has 2 atom stereocenters. The molecule has 0 aliphatic carbocycles. The fourth-order valence-corrected chi connectivity index (χ4v) is 5.63. The van der Waals surface area contributed by atoms with E-state index in [1.165, 1.54) is 10.6 Å². The zero-order valence-electron chi connectivity index (χ0n) is 18.6. The Morgan fingerprint density at radius 2 is 1.94 bits per heavy atom. The van der Waals surface area contributed by atoms with Gasteiger partial charge in [0.1, 0.15) is 5.75 Å². The Morgan fingerprint density at radius 1 is 1.16 bits per heavy atom. The monoisotopic (exact) mass is 458 g/mol. The standard InChI is InChI=1S/C23H30N4O4S/c1-23(11-7-13-27(17-23)32(2,29)30)22(28)26-12-6-8-18(16-26)20-14-24-15-21(25-20)31-19-9-4-3-5-10-19/h3-5,9-10,14-15,18H,6-8,11-13,16-17H2,1-2H3/t18-,23+/m1/s1. The maximum atomic E-state index is 13.5. The number of carbonyl (C=O) groups excluding carboxylic acids is 1. The Balaban J connectivity index is 1.46. The Hall–Kier alpha value is -2.52. The van der Waals surface area contributed by atoms with Gasteiger partial charge in [0.2, 0.25) is 21.8 Å². The third-order valence-electron chi connectivity index (χ3n) is 6.37. The number of sulfonamides is 1. The molecule has 0 radical (unpaired) electrons. The van der Waals surface area contributed by atoms with Crippen LogP contribution in [0.25, 0.3) is 0 Å². The van der Waals surface area contributed by atoms with Gasteiger partial charge in [0.15, 0.2) is 0 Å². The second-order valence-electron chi connectivity index (χ2n) is 9.05. The molecule has 8 nitrogen and oxygen atoms in total. The van der Waals surface area contributed by atoms with E-state index in [4.69, 9.17) is 4.74 Å². The average Bonchev–Trinajstić information content (AvgIpc) is 2.79. The fourth-order valence-electron chi connectivity index (χ4n) is 4.65. The van der Waals surface area contributed by atoms with Gasteiger partial charge in [0, 0.05) is 38.3 Å². The molecule has 1 aromatic carbocycles. The predicted octanol–water partition coefficient (Wildman–Crippen LogP) is 3.04. The van der Waals surface area contributed by atoms with Crippen LogP contribution in [0.1, 0.15) is 44.2 Å². The van der Waals surface area contributed by atoms with Gasteiger partial charge in [-0.15, -0.1) is 0 Å². The molecule has 0 unspecified atom stereocenters. The third kappa shape index (κ3) is 5.10. The van der Waals surface area contributed by atoms with Gasteiger partial charge in [-0.25, -0.2) is 17.7 Å². The van der Waals surface area contributed by atoms with E-state index in [2.05, 4.69) is 9.97 Å². The lowest BCUT2D eigenvalue weighted by molar-refractivity contribution is -0.144. The summed E-state index contributed by atoms with van der Waals surface area (Å²) in [6.07, 6.45) is 7.71. The van der Waals surface area contributed by atoms with Crippen LogP contribution in [0.2, 0.25) is 0 Å². The number of benzene rings is 1. The van der Waals surface area contributed by atoms with Crippen molar-refractivity contribution in [1.29, 1.82) is 0 Å². The number of hydrogen-bond acceptors (Lipinski definition) is 6. The molecule has 0 bridgehead atoms. The van der Waals surface area contributed by atoms with Crippen molar-refractivity contribution in [2.45, 2.75) is 38.5 Å². The topological polar surface area (TPSA) is 92.7 Å². The Labute approximate surface area is 189 Å². The normalized spacial score (nSPS) is 24.8. The summed E-state index contributed by atoms with van der Waals surface area (Å²) in [4.78, 5) is 24.3. The summed E-state index contributed by atoms with van der Waals surface area (Å²) in [7, 11) is -3.32. The van der Waals surface area contributed by atoms with E-state index in [0.29, 0.717) is 44.1 Å². The van der Waals surface area contributed by atoms with E-state index in [0.717, 1.165) is 18.5 Å². The lowest BCUT2D eigenvalue weighted by atomic mass is 9.80. The summed E-state index contributed by atoms with van der Waals surface area (Å²) in [6.45, 7) is 3.85. The SMILES string of the molecule is C[C@]1(C(=O)N2CCC[C@@H](c3cncc(Oc4ccccc4)n3)C2)CCCN(S(C)(=O)=O)C1. The highest BCUT2D eigenvalue weighted by molar-refractivity contribution is 7.88. The Kier molecular flexibility index (Phi) is 6.48. The summed E-state index contributed by atoms with van der Waals surface area (Å²) in [5.74, 6) is 1.22. The first-order valence-electron chi connectivity index (χ1n) is 11.0. The quantitative estimate of drug-likeness (QED) is 0.684. The average molecular weight is 459 g/mol. The molecule has 1 aromatic heterocycles. The first-order valence-corrected chi connectivity index (χ1v) is 12.9. The van der Waals surface area contributed by atoms with Crippen LogP contribution < -0.4 is 4.74 Å². The van der Waals surface area contributed by atoms with Gasteiger partial charge in [-0.3, -0.25) is 9.78 Å². The second-order valence-corrected chi connectivity index (χ2v) is 11.0. The van der Waals surface area contributed by atoms with Crippen LogP contribution in [-0.2, 0) is 14.8 Å². The minimum atomic E-state index is -3.32. The molecule has 0 spiro atoms. The van der Waals surface area contributed by atoms with E-state index < -0.39 is 15.4 Å². The van der Waals surface area contributed by atoms with E-state index in [-0.39, 0.29) is 18.4 Å². The number of carbonyl (C=O) groups is 1. The van der Waals surface area contributed by atoms with Gasteiger partial charge in [-0.2, -0.15) is 0 Å². The van der Waals surface area contributed by atoms with E-state index in [9.17, 15) is 13.2 Å². The minimum absolute atomic E-state index is 0.0280. The number of nitrogens with zero attached hydrogens (tertiary/aromatic N) is 4. The van der Waals surface area contributed by atoms with Crippen LogP contribution in [0.5, 0.6) is 11.6 Å². The maximum absolute atomic E-state index is 13.5. The van der Waals surface area contributed by atoms with Crippen LogP contribution >= 0.6 is 0 Å². The number of amides is 1. The van der Waals surface area contributed by atoms with Crippen molar-refractivity contribution >= 4 is 15.9 Å². The van der Waals surface area contributed by atoms with Crippen molar-refractivity contribution in [3.8, 4) is 11.6 Å². The molecule has 9 heteroatoms. The van der Waals surface area contributed by atoms with Crippen molar-refractivity contribution in [1.82, 2.24) is 19.2 Å². The third-order valence-corrected chi connectivity index (χ3v) is 7.62. The molecular formula is C23H30N4O4S. The van der Waals surface area contributed by atoms with Gasteiger partial charge in [0.25, 0.3) is 0 Å². The number of ether oxygens (including phenoxy) is 1. The lowest BCUT2D eigenvalue weighted by Gasteiger charge is -2.43. The van der Waals surface area contributed by atoms with Crippen molar-refractivity contribution in [2.24, 2.45) is 5.41 Å². The molecule has 2 saturated heterocycles. The number of piperidine rings is 2. The molecule has 2 fully saturated rings. The molecule has 0 saturated carbocycles. The summed E-state index contributed by atoms with van der Waals surface area (Å²) in [5, 5.41) is 0. The minimum Gasteiger partial charge on any atom is -0.437 e. The zero-order chi connectivity index (χ0) is 22.8. The van der Waals surface area contributed by atoms with Crippen LogP contribution in [0.3, 0.4) is 0 Å². The van der Waals surface area contributed by atoms with Crippen molar-refractivity contribution in [2.75, 3.05) is 32.4 Å². The van der Waals surface area contributed by atoms with Crippen molar-refractivity contribution < 1.29 is 17.9 Å². The highest BCUT2D eigenvalue weighted by Crippen LogP contribution is 2.35. The number of aromatic nitrogens is 2. The Bertz CT molecular complexity index is 1060. The molecule has 2 aromatic rings. The van der Waals surface area contributed by atoms with E-state index in [1.807, 2.05) is 42.2 Å². The van der Waals surface area contributed by atoms with Crippen LogP contribution in [0, 0.1) is 5.41 Å². The van der Waals surface area contributed by atoms with Crippen molar-refractivity contribution in [3.05, 3.63) is 48.4 Å². The first-order chi connectivity index (χ1) is 15.2. The van der Waals surface area contributed by atoms with E-state index in [1.54, 1.807) is 12.4 Å². The molecule has 1 amide bonds. The van der Waals surface area contributed by atoms with Crippen LogP contribution in [0.4, 0.5) is 0 Å². The van der Waals surface area contributed by atoms with E-state index >= 15 is 0 Å². The molecule has 4 rings (SSSR count). The van der Waals surface area contributed by atoms with Crippen LogP contribution in [0.15, 0.2) is 42.7 Å². The maximum Gasteiger partial charge on any atom is 0.238 e. The number of para-hydroxylation sites is 1. The van der Waals surface area contributed by atoms with Crippen LogP contribution in [-0.4, -0.2) is 65.9 Å². The van der Waals surface area contributed by atoms with Gasteiger partial charge < -0.3 is 9.64 Å². The van der Waals surface area contributed by atoms with Gasteiger partial charge in [-0.1, -0.05) is 18.2 Å². The summed E-state index contributed by atoms with van der Waals surface area (Å²) in [5.41, 5.74) is 0.107. The lowest BCUT2D eigenvalue weighted by Crippen LogP contribution is -2.54. The summed E-state index contributed by atoms with van der Waals surface area (Å²) in [6, 6.07) is 9.44. The van der Waals surface area contributed by atoms with Gasteiger partial charge in [0.05, 0.1) is 23.6 Å². The highest BCUT2D eigenvalue weighted by atomic mass is 32.2. The number of rotatable bonds is 5. The summed E-state index contributed by atoms with van der Waals surface area (Å²) < 4.78 is 31.4. The Morgan fingerprint density at radius 3 is 2.69 bits per heavy atom. The van der Waals surface area contributed by atoms with Gasteiger partial charge in [-0.05, 0) is 44.7 Å². The molecule has 172 valence electrons. The zero-order valence-corrected chi connectivity index (χ0v) is 19.4. The smallest absolute Gasteiger partial charge is 0.238 e. The molecular weight excluding hydrogens is 428 g/mol. The summed E-state index contributed by atoms with van der Waals surface area (Å²) >= 11 is 0. The number of hydrogen-bond donors (Lipinski definition) is 0. The first kappa shape index (κ1) is 22.7. The fraction of sp³-hybridized carbons (Fsp3) is 0.522. The van der Waals surface area contributed by atoms with Gasteiger partial charge >= 0.3 is 0 Å². The largest absolute Gasteiger partial charge is 0.437 e. The second kappa shape index (κ2) is 9.15. The molecule has 2 aliphatic heterocycles. The molecule has 3 heterocycles. The molecule has 32 heavy (non-hydrogen) atoms. The highest BCUT2D eigenvalue weighted by Gasteiger charge is 2.43. The predicted molar refractivity (Wildman–Crippen MR) is 121 cm³/mol. The molecule has 2 aliphatic rings. The van der Waals surface area contributed by atoms with Crippen molar-refractivity contribution in [3.63, 3.8) is 0 Å². The molecule has 0 N–H and O–H groups in total.